The van der Waals surface area contributed by atoms with Gasteiger partial charge in [-0.2, -0.15) is 0 Å². The van der Waals surface area contributed by atoms with Crippen molar-refractivity contribution >= 4 is 12.1 Å². The van der Waals surface area contributed by atoms with Gasteiger partial charge in [-0.05, 0) is 61.0 Å². The molecule has 0 fully saturated rings. The zero-order valence-corrected chi connectivity index (χ0v) is 23.2. The number of aromatic nitrogens is 1. The van der Waals surface area contributed by atoms with Crippen LogP contribution in [-0.2, 0) is 11.3 Å². The Kier molecular flexibility index (Phi) is 9.77. The molecule has 0 saturated heterocycles. The third-order valence-electron chi connectivity index (χ3n) is 6.20. The van der Waals surface area contributed by atoms with E-state index in [4.69, 9.17) is 18.6 Å². The summed E-state index contributed by atoms with van der Waals surface area (Å²) in [6, 6.07) is 23.3. The molecule has 1 heterocycles. The summed E-state index contributed by atoms with van der Waals surface area (Å²) in [5.41, 5.74) is 2.54. The fourth-order valence-electron chi connectivity index (χ4n) is 4.10. The highest BCUT2D eigenvalue weighted by Gasteiger charge is 2.20. The number of methoxy groups -OCH3 is 1. The van der Waals surface area contributed by atoms with Crippen molar-refractivity contribution in [3.63, 3.8) is 0 Å². The van der Waals surface area contributed by atoms with E-state index in [0.717, 1.165) is 27.5 Å². The van der Waals surface area contributed by atoms with Crippen LogP contribution in [0.4, 0.5) is 4.79 Å². The van der Waals surface area contributed by atoms with Gasteiger partial charge in [0.05, 0.1) is 12.8 Å². The summed E-state index contributed by atoms with van der Waals surface area (Å²) in [6.45, 7) is 3.86. The SMILES string of the molecule is COc1ccc(OC(=O)N(CC(=O)O)Cc2ccc(OC/C=C/C(C)c3nc(-c4ccccc4)oc3C)cc2)cc1. The van der Waals surface area contributed by atoms with Crippen LogP contribution in [0.15, 0.2) is 95.4 Å². The monoisotopic (exact) mass is 556 g/mol. The summed E-state index contributed by atoms with van der Waals surface area (Å²) in [6.07, 6.45) is 3.18. The lowest BCUT2D eigenvalue weighted by atomic mass is 10.1. The van der Waals surface area contributed by atoms with Crippen molar-refractivity contribution in [3.8, 4) is 28.7 Å². The number of carboxylic acid groups (broad SMARTS) is 1. The maximum Gasteiger partial charge on any atom is 0.416 e. The van der Waals surface area contributed by atoms with Gasteiger partial charge in [-0.15, -0.1) is 0 Å². The van der Waals surface area contributed by atoms with Gasteiger partial charge in [0.15, 0.2) is 0 Å². The Balaban J connectivity index is 1.30. The fraction of sp³-hybridized carbons (Fsp3) is 0.219. The molecular weight excluding hydrogens is 524 g/mol. The first-order chi connectivity index (χ1) is 19.8. The maximum absolute atomic E-state index is 12.7. The molecule has 4 rings (SSSR count). The minimum atomic E-state index is -1.14. The molecule has 9 heteroatoms. The van der Waals surface area contributed by atoms with E-state index in [2.05, 4.69) is 4.98 Å². The molecule has 41 heavy (non-hydrogen) atoms. The number of benzene rings is 3. The molecular formula is C32H32N2O7. The van der Waals surface area contributed by atoms with Crippen molar-refractivity contribution in [2.75, 3.05) is 20.3 Å². The Morgan fingerprint density at radius 1 is 0.976 bits per heavy atom. The van der Waals surface area contributed by atoms with Gasteiger partial charge >= 0.3 is 12.1 Å². The number of rotatable bonds is 12. The molecule has 0 bridgehead atoms. The van der Waals surface area contributed by atoms with Gasteiger partial charge in [0.2, 0.25) is 5.89 Å². The van der Waals surface area contributed by atoms with Crippen molar-refractivity contribution in [1.29, 1.82) is 0 Å². The van der Waals surface area contributed by atoms with Gasteiger partial charge in [-0.25, -0.2) is 9.78 Å². The quantitative estimate of drug-likeness (QED) is 0.197. The smallest absolute Gasteiger partial charge is 0.416 e. The Morgan fingerprint density at radius 3 is 2.29 bits per heavy atom. The van der Waals surface area contributed by atoms with Gasteiger partial charge in [0, 0.05) is 18.0 Å². The topological polar surface area (TPSA) is 111 Å². The average Bonchev–Trinajstić information content (AvgIpc) is 3.38. The second kappa shape index (κ2) is 13.8. The molecule has 1 aromatic heterocycles. The first-order valence-corrected chi connectivity index (χ1v) is 13.1. The molecule has 0 aliphatic rings. The van der Waals surface area contributed by atoms with Crippen LogP contribution in [0, 0.1) is 6.92 Å². The van der Waals surface area contributed by atoms with Crippen LogP contribution < -0.4 is 14.2 Å². The molecule has 1 amide bonds. The summed E-state index contributed by atoms with van der Waals surface area (Å²) < 4.78 is 22.1. The van der Waals surface area contributed by atoms with Crippen molar-refractivity contribution < 1.29 is 33.3 Å². The zero-order valence-electron chi connectivity index (χ0n) is 23.2. The van der Waals surface area contributed by atoms with Crippen LogP contribution in [0.25, 0.3) is 11.5 Å². The molecule has 1 atom stereocenters. The largest absolute Gasteiger partial charge is 0.497 e. The summed E-state index contributed by atoms with van der Waals surface area (Å²) in [7, 11) is 1.53. The van der Waals surface area contributed by atoms with Crippen molar-refractivity contribution in [3.05, 3.63) is 108 Å². The number of carboxylic acids is 1. The summed E-state index contributed by atoms with van der Waals surface area (Å²) in [5, 5.41) is 9.29. The number of oxazole rings is 1. The van der Waals surface area contributed by atoms with Crippen LogP contribution >= 0.6 is 0 Å². The van der Waals surface area contributed by atoms with E-state index >= 15 is 0 Å². The molecule has 4 aromatic rings. The lowest BCUT2D eigenvalue weighted by molar-refractivity contribution is -0.138. The third-order valence-corrected chi connectivity index (χ3v) is 6.20. The predicted octanol–water partition coefficient (Wildman–Crippen LogP) is 6.48. The van der Waals surface area contributed by atoms with Crippen LogP contribution in [0.1, 0.15) is 29.9 Å². The van der Waals surface area contributed by atoms with Crippen molar-refractivity contribution in [2.24, 2.45) is 0 Å². The Morgan fingerprint density at radius 2 is 1.63 bits per heavy atom. The lowest BCUT2D eigenvalue weighted by Gasteiger charge is -2.20. The maximum atomic E-state index is 12.7. The zero-order chi connectivity index (χ0) is 29.2. The molecule has 3 aromatic carbocycles. The van der Waals surface area contributed by atoms with Crippen LogP contribution in [-0.4, -0.2) is 47.3 Å². The number of carbonyl (C=O) groups excluding carboxylic acids is 1. The van der Waals surface area contributed by atoms with E-state index in [1.54, 1.807) is 48.5 Å². The number of hydrogen-bond donors (Lipinski definition) is 1. The van der Waals surface area contributed by atoms with E-state index in [1.807, 2.05) is 56.3 Å². The second-order valence-electron chi connectivity index (χ2n) is 9.29. The predicted molar refractivity (Wildman–Crippen MR) is 153 cm³/mol. The number of carbonyl (C=O) groups is 2. The molecule has 1 unspecified atom stereocenters. The Hall–Kier alpha value is -5.05. The summed E-state index contributed by atoms with van der Waals surface area (Å²) >= 11 is 0. The average molecular weight is 557 g/mol. The first-order valence-electron chi connectivity index (χ1n) is 13.1. The lowest BCUT2D eigenvalue weighted by Crippen LogP contribution is -2.37. The number of aryl methyl sites for hydroxylation is 1. The van der Waals surface area contributed by atoms with E-state index in [-0.39, 0.29) is 18.2 Å². The second-order valence-corrected chi connectivity index (χ2v) is 9.29. The number of ether oxygens (including phenoxy) is 3. The van der Waals surface area contributed by atoms with E-state index in [9.17, 15) is 14.7 Å². The van der Waals surface area contributed by atoms with Gasteiger partial charge in [-0.3, -0.25) is 9.69 Å². The van der Waals surface area contributed by atoms with Gasteiger partial charge in [-0.1, -0.05) is 49.4 Å². The Bertz CT molecular complexity index is 1460. The Labute approximate surface area is 238 Å². The molecule has 0 radical (unpaired) electrons. The van der Waals surface area contributed by atoms with Crippen molar-refractivity contribution in [1.82, 2.24) is 9.88 Å². The van der Waals surface area contributed by atoms with Crippen LogP contribution in [0.5, 0.6) is 17.2 Å². The highest BCUT2D eigenvalue weighted by atomic mass is 16.6. The highest BCUT2D eigenvalue weighted by molar-refractivity contribution is 5.78. The van der Waals surface area contributed by atoms with Crippen LogP contribution in [0.2, 0.25) is 0 Å². The van der Waals surface area contributed by atoms with Gasteiger partial charge < -0.3 is 23.7 Å². The summed E-state index contributed by atoms with van der Waals surface area (Å²) in [4.78, 5) is 29.8. The molecule has 0 aliphatic carbocycles. The molecule has 1 N–H and O–H groups in total. The van der Waals surface area contributed by atoms with Gasteiger partial charge in [0.25, 0.3) is 0 Å². The van der Waals surface area contributed by atoms with E-state index in [1.165, 1.54) is 7.11 Å². The number of allylic oxidation sites excluding steroid dienone is 1. The van der Waals surface area contributed by atoms with E-state index in [0.29, 0.717) is 24.0 Å². The van der Waals surface area contributed by atoms with E-state index < -0.39 is 18.6 Å². The normalized spacial score (nSPS) is 11.7. The molecule has 0 aliphatic heterocycles. The molecule has 212 valence electrons. The number of amides is 1. The summed E-state index contributed by atoms with van der Waals surface area (Å²) in [5.74, 6) is 1.82. The molecule has 0 spiro atoms. The third kappa shape index (κ3) is 8.22. The van der Waals surface area contributed by atoms with Gasteiger partial charge in [0.1, 0.15) is 36.2 Å². The number of nitrogens with zero attached hydrogens (tertiary/aromatic N) is 2. The highest BCUT2D eigenvalue weighted by Crippen LogP contribution is 2.27. The minimum Gasteiger partial charge on any atom is -0.497 e. The van der Waals surface area contributed by atoms with Crippen molar-refractivity contribution in [2.45, 2.75) is 26.3 Å². The minimum absolute atomic E-state index is 0.0417. The number of hydrogen-bond acceptors (Lipinski definition) is 7. The first kappa shape index (κ1) is 28.9. The van der Waals surface area contributed by atoms with Crippen LogP contribution in [0.3, 0.4) is 0 Å². The molecule has 0 saturated carbocycles. The standard InChI is InChI=1S/C32H32N2O7/c1-22(30-23(2)40-31(33-30)25-9-5-4-6-10-25)8-7-19-39-27-13-11-24(12-14-27)20-34(21-29(35)36)32(37)41-28-17-15-26(38-3)16-18-28/h4-18,22H,19-21H2,1-3H3,(H,35,36)/b8-7+. The molecule has 9 nitrogen and oxygen atoms in total. The number of aliphatic carboxylic acids is 1. The fourth-order valence-corrected chi connectivity index (χ4v) is 4.10.